The highest BCUT2D eigenvalue weighted by molar-refractivity contribution is 5.60. The molecule has 0 radical (unpaired) electrons. The number of nitriles is 1. The molecule has 0 saturated heterocycles. The minimum absolute atomic E-state index is 0.0789. The first-order chi connectivity index (χ1) is 9.51. The van der Waals surface area contributed by atoms with Crippen LogP contribution >= 0.6 is 0 Å². The van der Waals surface area contributed by atoms with Gasteiger partial charge in [0.25, 0.3) is 5.69 Å². The molecular weight excluding hydrogens is 258 g/mol. The van der Waals surface area contributed by atoms with E-state index in [9.17, 15) is 10.1 Å². The fourth-order valence-corrected chi connectivity index (χ4v) is 1.94. The molecule has 0 atom stereocenters. The highest BCUT2D eigenvalue weighted by Crippen LogP contribution is 2.26. The molecule has 0 spiro atoms. The summed E-state index contributed by atoms with van der Waals surface area (Å²) in [5.41, 5.74) is 2.30. The van der Waals surface area contributed by atoms with E-state index in [0.29, 0.717) is 23.6 Å². The van der Waals surface area contributed by atoms with Gasteiger partial charge >= 0.3 is 0 Å². The monoisotopic (exact) mass is 271 g/mol. The number of nitrogens with one attached hydrogen (secondary N) is 1. The highest BCUT2D eigenvalue weighted by Gasteiger charge is 2.13. The quantitative estimate of drug-likeness (QED) is 0.680. The van der Waals surface area contributed by atoms with Crippen LogP contribution in [0.15, 0.2) is 28.7 Å². The molecule has 0 amide bonds. The van der Waals surface area contributed by atoms with Crippen molar-refractivity contribution in [1.82, 2.24) is 0 Å². The summed E-state index contributed by atoms with van der Waals surface area (Å²) in [5, 5.41) is 22.7. The lowest BCUT2D eigenvalue weighted by molar-refractivity contribution is -0.385. The Balaban J connectivity index is 2.19. The van der Waals surface area contributed by atoms with Crippen LogP contribution in [0.5, 0.6) is 0 Å². The van der Waals surface area contributed by atoms with Gasteiger partial charge in [0.2, 0.25) is 5.76 Å². The number of hydrogen-bond acceptors (Lipinski definition) is 5. The third-order valence-corrected chi connectivity index (χ3v) is 2.96. The lowest BCUT2D eigenvalue weighted by Gasteiger charge is -2.09. The number of benzene rings is 1. The molecule has 0 saturated carbocycles. The average Bonchev–Trinajstić information content (AvgIpc) is 2.85. The van der Waals surface area contributed by atoms with Crippen molar-refractivity contribution in [1.29, 1.82) is 5.26 Å². The van der Waals surface area contributed by atoms with Crippen molar-refractivity contribution in [3.63, 3.8) is 0 Å². The van der Waals surface area contributed by atoms with E-state index in [4.69, 9.17) is 9.68 Å². The Morgan fingerprint density at radius 1 is 1.35 bits per heavy atom. The van der Waals surface area contributed by atoms with Crippen LogP contribution in [0.4, 0.5) is 11.4 Å². The van der Waals surface area contributed by atoms with Crippen LogP contribution in [0.1, 0.15) is 22.6 Å². The van der Waals surface area contributed by atoms with Crippen LogP contribution in [0, 0.1) is 35.3 Å². The van der Waals surface area contributed by atoms with Gasteiger partial charge in [-0.05, 0) is 37.6 Å². The summed E-state index contributed by atoms with van der Waals surface area (Å²) in [6, 6.07) is 8.47. The molecule has 6 nitrogen and oxygen atoms in total. The number of rotatable bonds is 4. The lowest BCUT2D eigenvalue weighted by Crippen LogP contribution is -2.02. The molecule has 0 aliphatic carbocycles. The van der Waals surface area contributed by atoms with Gasteiger partial charge in [0.15, 0.2) is 0 Å². The van der Waals surface area contributed by atoms with Gasteiger partial charge in [-0.2, -0.15) is 5.26 Å². The van der Waals surface area contributed by atoms with E-state index in [1.807, 2.05) is 13.0 Å². The Morgan fingerprint density at radius 3 is 2.70 bits per heavy atom. The molecule has 102 valence electrons. The smallest absolute Gasteiger partial charge is 0.274 e. The van der Waals surface area contributed by atoms with Gasteiger partial charge < -0.3 is 9.73 Å². The predicted molar refractivity (Wildman–Crippen MR) is 73.3 cm³/mol. The number of aryl methyl sites for hydroxylation is 2. The van der Waals surface area contributed by atoms with E-state index in [2.05, 4.69) is 5.32 Å². The SMILES string of the molecule is Cc1cc(C)c([N+](=O)[O-])cc1NCc1ccc(C#N)o1. The number of nitro benzene ring substituents is 1. The third kappa shape index (κ3) is 2.78. The molecule has 0 fully saturated rings. The normalized spacial score (nSPS) is 10.1. The lowest BCUT2D eigenvalue weighted by atomic mass is 10.1. The molecule has 2 rings (SSSR count). The fraction of sp³-hybridized carbons (Fsp3) is 0.214. The standard InChI is InChI=1S/C14H13N3O3/c1-9-5-10(2)14(17(18)19)6-13(9)16-8-12-4-3-11(7-15)20-12/h3-6,16H,8H2,1-2H3. The second-order valence-electron chi connectivity index (χ2n) is 4.44. The number of hydrogen-bond donors (Lipinski definition) is 1. The van der Waals surface area contributed by atoms with E-state index in [0.717, 1.165) is 5.56 Å². The van der Waals surface area contributed by atoms with E-state index in [1.54, 1.807) is 25.1 Å². The van der Waals surface area contributed by atoms with Crippen molar-refractivity contribution >= 4 is 11.4 Å². The summed E-state index contributed by atoms with van der Waals surface area (Å²) in [6.45, 7) is 3.95. The second kappa shape index (κ2) is 5.45. The number of nitrogens with zero attached hydrogens (tertiary/aromatic N) is 2. The minimum atomic E-state index is -0.402. The van der Waals surface area contributed by atoms with E-state index >= 15 is 0 Å². The number of nitro groups is 1. The van der Waals surface area contributed by atoms with Crippen LogP contribution in [-0.2, 0) is 6.54 Å². The van der Waals surface area contributed by atoms with Crippen LogP contribution in [0.2, 0.25) is 0 Å². The van der Waals surface area contributed by atoms with Crippen molar-refractivity contribution in [2.45, 2.75) is 20.4 Å². The minimum Gasteiger partial charge on any atom is -0.449 e. The maximum atomic E-state index is 10.9. The molecule has 1 aromatic carbocycles. The zero-order chi connectivity index (χ0) is 14.7. The summed E-state index contributed by atoms with van der Waals surface area (Å²) in [5.74, 6) is 0.845. The molecule has 1 aromatic heterocycles. The van der Waals surface area contributed by atoms with Crippen LogP contribution in [-0.4, -0.2) is 4.92 Å². The maximum absolute atomic E-state index is 10.9. The van der Waals surface area contributed by atoms with E-state index in [-0.39, 0.29) is 11.4 Å². The summed E-state index contributed by atoms with van der Waals surface area (Å²) in [6.07, 6.45) is 0. The van der Waals surface area contributed by atoms with Crippen molar-refractivity contribution in [2.24, 2.45) is 0 Å². The van der Waals surface area contributed by atoms with E-state index in [1.165, 1.54) is 6.07 Å². The zero-order valence-corrected chi connectivity index (χ0v) is 11.1. The van der Waals surface area contributed by atoms with Crippen molar-refractivity contribution in [3.8, 4) is 6.07 Å². The first kappa shape index (κ1) is 13.6. The molecule has 2 aromatic rings. The Labute approximate surface area is 115 Å². The number of furan rings is 1. The van der Waals surface area contributed by atoms with Gasteiger partial charge in [-0.15, -0.1) is 0 Å². The van der Waals surface area contributed by atoms with Gasteiger partial charge in [-0.3, -0.25) is 10.1 Å². The van der Waals surface area contributed by atoms with Gasteiger partial charge in [-0.25, -0.2) is 0 Å². The van der Waals surface area contributed by atoms with Gasteiger partial charge in [0, 0.05) is 17.3 Å². The van der Waals surface area contributed by atoms with Crippen LogP contribution in [0.25, 0.3) is 0 Å². The molecule has 0 unspecified atom stereocenters. The Kier molecular flexibility index (Phi) is 3.71. The predicted octanol–water partition coefficient (Wildman–Crippen LogP) is 3.29. The molecule has 0 bridgehead atoms. The van der Waals surface area contributed by atoms with Crippen molar-refractivity contribution in [2.75, 3.05) is 5.32 Å². The first-order valence-electron chi connectivity index (χ1n) is 5.99. The zero-order valence-electron chi connectivity index (χ0n) is 11.1. The Hall–Kier alpha value is -2.81. The maximum Gasteiger partial charge on any atom is 0.274 e. The molecule has 0 aliphatic heterocycles. The third-order valence-electron chi connectivity index (χ3n) is 2.96. The summed E-state index contributed by atoms with van der Waals surface area (Å²) in [7, 11) is 0. The van der Waals surface area contributed by atoms with E-state index < -0.39 is 4.92 Å². The molecule has 1 N–H and O–H groups in total. The van der Waals surface area contributed by atoms with Gasteiger partial charge in [-0.1, -0.05) is 0 Å². The molecule has 6 heteroatoms. The summed E-state index contributed by atoms with van der Waals surface area (Å²) >= 11 is 0. The second-order valence-corrected chi connectivity index (χ2v) is 4.44. The largest absolute Gasteiger partial charge is 0.449 e. The molecular formula is C14H13N3O3. The van der Waals surface area contributed by atoms with Gasteiger partial charge in [0.1, 0.15) is 11.8 Å². The summed E-state index contributed by atoms with van der Waals surface area (Å²) in [4.78, 5) is 10.5. The average molecular weight is 271 g/mol. The van der Waals surface area contributed by atoms with Crippen LogP contribution in [0.3, 0.4) is 0 Å². The Morgan fingerprint density at radius 2 is 2.10 bits per heavy atom. The van der Waals surface area contributed by atoms with Gasteiger partial charge in [0.05, 0.1) is 11.5 Å². The topological polar surface area (TPSA) is 92.1 Å². The fourth-order valence-electron chi connectivity index (χ4n) is 1.94. The molecule has 0 aliphatic rings. The Bertz CT molecular complexity index is 698. The first-order valence-corrected chi connectivity index (χ1v) is 5.99. The van der Waals surface area contributed by atoms with Crippen molar-refractivity contribution in [3.05, 3.63) is 57.0 Å². The molecule has 1 heterocycles. The van der Waals surface area contributed by atoms with Crippen molar-refractivity contribution < 1.29 is 9.34 Å². The molecule has 20 heavy (non-hydrogen) atoms. The summed E-state index contributed by atoms with van der Waals surface area (Å²) < 4.78 is 5.24. The number of anilines is 1. The van der Waals surface area contributed by atoms with Crippen LogP contribution < -0.4 is 5.32 Å². The highest BCUT2D eigenvalue weighted by atomic mass is 16.6.